The van der Waals surface area contributed by atoms with Gasteiger partial charge < -0.3 is 9.47 Å². The number of hydrogen-bond acceptors (Lipinski definition) is 2. The van der Waals surface area contributed by atoms with E-state index in [4.69, 9.17) is 9.47 Å². The minimum Gasteiger partial charge on any atom is -0.493 e. The second-order valence-corrected chi connectivity index (χ2v) is 14.7. The first kappa shape index (κ1) is 21.6. The molecule has 1 aromatic rings. The Morgan fingerprint density at radius 3 is 2.25 bits per heavy atom. The van der Waals surface area contributed by atoms with Crippen molar-refractivity contribution in [3.8, 4) is 11.5 Å². The molecule has 0 atom stereocenters. The molecule has 0 unspecified atom stereocenters. The molecule has 1 aromatic carbocycles. The summed E-state index contributed by atoms with van der Waals surface area (Å²) in [7, 11) is -1.47. The van der Waals surface area contributed by atoms with E-state index in [-0.39, 0.29) is 0 Å². The summed E-state index contributed by atoms with van der Waals surface area (Å²) in [5.74, 6) is 1.73. The number of ether oxygens (including phenoxy) is 2. The van der Waals surface area contributed by atoms with Crippen LogP contribution in [0.3, 0.4) is 0 Å². The minimum absolute atomic E-state index is 0.319. The third-order valence-electron chi connectivity index (χ3n) is 5.03. The zero-order valence-corrected chi connectivity index (χ0v) is 19.0. The Bertz CT molecular complexity index is 495. The van der Waals surface area contributed by atoms with Crippen molar-refractivity contribution >= 4 is 24.0 Å². The molecule has 0 aliphatic heterocycles. The van der Waals surface area contributed by atoms with Crippen LogP contribution >= 0.6 is 15.9 Å². The minimum atomic E-state index is -1.47. The van der Waals surface area contributed by atoms with E-state index in [0.717, 1.165) is 35.2 Å². The van der Waals surface area contributed by atoms with Gasteiger partial charge in [0.2, 0.25) is 0 Å². The fourth-order valence-electron chi connectivity index (χ4n) is 2.08. The third-order valence-corrected chi connectivity index (χ3v) is 10.4. The molecule has 0 aromatic heterocycles. The lowest BCUT2D eigenvalue weighted by atomic mass is 10.2. The Kier molecular flexibility index (Phi) is 8.86. The predicted octanol–water partition coefficient (Wildman–Crippen LogP) is 7.22. The van der Waals surface area contributed by atoms with Gasteiger partial charge in [0.05, 0.1) is 20.9 Å². The fraction of sp³-hybridized carbons (Fsp3) is 0.700. The van der Waals surface area contributed by atoms with Crippen molar-refractivity contribution in [2.75, 3.05) is 12.8 Å². The molecule has 0 heterocycles. The van der Waals surface area contributed by atoms with Crippen LogP contribution in [0.4, 0.5) is 0 Å². The van der Waals surface area contributed by atoms with E-state index in [9.17, 15) is 0 Å². The maximum absolute atomic E-state index is 6.21. The van der Waals surface area contributed by atoms with Gasteiger partial charge in [-0.25, -0.2) is 0 Å². The Morgan fingerprint density at radius 2 is 1.62 bits per heavy atom. The Labute approximate surface area is 158 Å². The van der Waals surface area contributed by atoms with Crippen LogP contribution in [-0.2, 0) is 0 Å². The highest BCUT2D eigenvalue weighted by Gasteiger charge is 2.36. The average molecular weight is 415 g/mol. The summed E-state index contributed by atoms with van der Waals surface area (Å²) in [5, 5.41) is 0.319. The summed E-state index contributed by atoms with van der Waals surface area (Å²) >= 11 is 3.54. The number of unbranched alkanes of at least 4 members (excludes halogenated alkanes) is 4. The maximum Gasteiger partial charge on any atom is 0.161 e. The van der Waals surface area contributed by atoms with Crippen molar-refractivity contribution < 1.29 is 9.47 Å². The molecule has 1 rings (SSSR count). The molecule has 24 heavy (non-hydrogen) atoms. The van der Waals surface area contributed by atoms with Crippen molar-refractivity contribution in [3.05, 3.63) is 22.7 Å². The highest BCUT2D eigenvalue weighted by atomic mass is 79.9. The Morgan fingerprint density at radius 1 is 0.958 bits per heavy atom. The Hall–Kier alpha value is -0.483. The van der Waals surface area contributed by atoms with Crippen LogP contribution in [0, 0.1) is 0 Å². The van der Waals surface area contributed by atoms with Gasteiger partial charge in [-0.05, 0) is 29.7 Å². The zero-order chi connectivity index (χ0) is 18.2. The topological polar surface area (TPSA) is 18.5 Å². The molecule has 0 saturated heterocycles. The molecule has 4 heteroatoms. The molecule has 0 aliphatic carbocycles. The van der Waals surface area contributed by atoms with Crippen LogP contribution in [0.25, 0.3) is 0 Å². The lowest BCUT2D eigenvalue weighted by Crippen LogP contribution is -2.43. The summed E-state index contributed by atoms with van der Waals surface area (Å²) in [5.41, 5.74) is 0. The largest absolute Gasteiger partial charge is 0.493 e. The number of rotatable bonds is 10. The molecule has 2 nitrogen and oxygen atoms in total. The first-order chi connectivity index (χ1) is 11.2. The first-order valence-electron chi connectivity index (χ1n) is 9.22. The summed E-state index contributed by atoms with van der Waals surface area (Å²) in [4.78, 5) is 0. The number of hydrogen-bond donors (Lipinski definition) is 0. The van der Waals surface area contributed by atoms with Crippen LogP contribution in [0.2, 0.25) is 18.1 Å². The van der Waals surface area contributed by atoms with Gasteiger partial charge in [0.1, 0.15) is 0 Å². The van der Waals surface area contributed by atoms with Crippen LogP contribution in [0.5, 0.6) is 11.5 Å². The van der Waals surface area contributed by atoms with E-state index in [1.165, 1.54) is 25.7 Å². The lowest BCUT2D eigenvalue weighted by Gasteiger charge is -2.36. The number of halogens is 1. The van der Waals surface area contributed by atoms with E-state index >= 15 is 0 Å². The van der Waals surface area contributed by atoms with Crippen molar-refractivity contribution in [2.24, 2.45) is 0 Å². The summed E-state index contributed by atoms with van der Waals surface area (Å²) in [6, 6.07) is 6.06. The normalized spacial score (nSPS) is 12.3. The molecule has 0 N–H and O–H groups in total. The molecule has 0 amide bonds. The first-order valence-corrected chi connectivity index (χ1v) is 13.2. The van der Waals surface area contributed by atoms with Crippen molar-refractivity contribution in [3.63, 3.8) is 0 Å². The standard InChI is InChI=1S/C20H35BrO2Si/c1-7-8-9-10-11-14-22-18-13-12-17(21)15-19(18)23-16-24(5,6)20(2,3)4/h12-13,15H,7-11,14,16H2,1-6H3. The molecular formula is C20H35BrO2Si. The Balaban J connectivity index is 2.61. The summed E-state index contributed by atoms with van der Waals surface area (Å²) < 4.78 is 13.2. The third kappa shape index (κ3) is 7.18. The summed E-state index contributed by atoms with van der Waals surface area (Å²) in [6.45, 7) is 14.7. The molecule has 138 valence electrons. The highest BCUT2D eigenvalue weighted by Crippen LogP contribution is 2.37. The van der Waals surface area contributed by atoms with Crippen LogP contribution in [0.15, 0.2) is 22.7 Å². The van der Waals surface area contributed by atoms with Gasteiger partial charge in [0, 0.05) is 4.47 Å². The van der Waals surface area contributed by atoms with Gasteiger partial charge in [-0.1, -0.05) is 82.4 Å². The molecule has 0 radical (unpaired) electrons. The molecule has 0 aliphatic rings. The van der Waals surface area contributed by atoms with E-state index in [1.807, 2.05) is 18.2 Å². The molecular weight excluding hydrogens is 380 g/mol. The van der Waals surface area contributed by atoms with Crippen molar-refractivity contribution in [2.45, 2.75) is 77.9 Å². The van der Waals surface area contributed by atoms with Gasteiger partial charge >= 0.3 is 0 Å². The van der Waals surface area contributed by atoms with Crippen LogP contribution < -0.4 is 9.47 Å². The van der Waals surface area contributed by atoms with Gasteiger partial charge in [-0.15, -0.1) is 0 Å². The van der Waals surface area contributed by atoms with Gasteiger partial charge in [-0.3, -0.25) is 0 Å². The average Bonchev–Trinajstić information content (AvgIpc) is 2.49. The van der Waals surface area contributed by atoms with Gasteiger partial charge in [0.15, 0.2) is 11.5 Å². The van der Waals surface area contributed by atoms with Crippen molar-refractivity contribution in [1.82, 2.24) is 0 Å². The molecule has 0 saturated carbocycles. The fourth-order valence-corrected chi connectivity index (χ4v) is 3.37. The molecule has 0 fully saturated rings. The van der Waals surface area contributed by atoms with E-state index in [1.54, 1.807) is 0 Å². The maximum atomic E-state index is 6.21. The van der Waals surface area contributed by atoms with E-state index < -0.39 is 8.07 Å². The number of benzene rings is 1. The quantitative estimate of drug-likeness (QED) is 0.297. The monoisotopic (exact) mass is 414 g/mol. The van der Waals surface area contributed by atoms with E-state index in [2.05, 4.69) is 56.7 Å². The SMILES string of the molecule is CCCCCCCOc1ccc(Br)cc1OC[Si](C)(C)C(C)(C)C. The van der Waals surface area contributed by atoms with Crippen LogP contribution in [-0.4, -0.2) is 20.9 Å². The van der Waals surface area contributed by atoms with Gasteiger partial charge in [0.25, 0.3) is 0 Å². The van der Waals surface area contributed by atoms with Crippen LogP contribution in [0.1, 0.15) is 59.8 Å². The highest BCUT2D eigenvalue weighted by molar-refractivity contribution is 9.10. The smallest absolute Gasteiger partial charge is 0.161 e. The second kappa shape index (κ2) is 9.86. The zero-order valence-electron chi connectivity index (χ0n) is 16.4. The summed E-state index contributed by atoms with van der Waals surface area (Å²) in [6.07, 6.45) is 7.05. The van der Waals surface area contributed by atoms with Gasteiger partial charge in [-0.2, -0.15) is 0 Å². The molecule has 0 bridgehead atoms. The van der Waals surface area contributed by atoms with E-state index in [0.29, 0.717) is 5.04 Å². The molecule has 0 spiro atoms. The lowest BCUT2D eigenvalue weighted by molar-refractivity contribution is 0.278. The predicted molar refractivity (Wildman–Crippen MR) is 111 cm³/mol. The van der Waals surface area contributed by atoms with Crippen molar-refractivity contribution in [1.29, 1.82) is 0 Å². The second-order valence-electron chi connectivity index (χ2n) is 8.28.